The van der Waals surface area contributed by atoms with Gasteiger partial charge in [0.05, 0.1) is 19.1 Å². The number of aliphatic carboxylic acids is 1. The molecule has 0 heterocycles. The summed E-state index contributed by atoms with van der Waals surface area (Å²) in [7, 11) is 3.05. The molecule has 0 bridgehead atoms. The van der Waals surface area contributed by atoms with Crippen LogP contribution >= 0.6 is 12.6 Å². The van der Waals surface area contributed by atoms with Gasteiger partial charge in [-0.3, -0.25) is 0 Å². The van der Waals surface area contributed by atoms with Crippen LogP contribution < -0.4 is 9.47 Å². The lowest BCUT2D eigenvalue weighted by Crippen LogP contribution is -1.95. The summed E-state index contributed by atoms with van der Waals surface area (Å²) < 4.78 is 10.1. The first-order valence-electron chi connectivity index (χ1n) is 4.44. The first kappa shape index (κ1) is 12.4. The molecule has 1 aromatic rings. The zero-order chi connectivity index (χ0) is 12.1. The van der Waals surface area contributed by atoms with Crippen LogP contribution in [0.1, 0.15) is 5.56 Å². The summed E-state index contributed by atoms with van der Waals surface area (Å²) in [4.78, 5) is 10.6. The predicted molar refractivity (Wildman–Crippen MR) is 64.1 cm³/mol. The van der Waals surface area contributed by atoms with Crippen LogP contribution in [0.4, 0.5) is 0 Å². The molecule has 0 fully saturated rings. The number of ether oxygens (including phenoxy) is 2. The zero-order valence-electron chi connectivity index (χ0n) is 8.93. The third-order valence-electron chi connectivity index (χ3n) is 1.95. The van der Waals surface area contributed by atoms with E-state index in [0.29, 0.717) is 17.1 Å². The fraction of sp³-hybridized carbons (Fsp3) is 0.182. The molecule has 0 aliphatic heterocycles. The van der Waals surface area contributed by atoms with Crippen LogP contribution in [-0.4, -0.2) is 25.3 Å². The van der Waals surface area contributed by atoms with E-state index in [1.165, 1.54) is 13.2 Å². The minimum absolute atomic E-state index is 0.0523. The van der Waals surface area contributed by atoms with Gasteiger partial charge in [-0.1, -0.05) is 0 Å². The van der Waals surface area contributed by atoms with Crippen LogP contribution in [0.3, 0.4) is 0 Å². The predicted octanol–water partition coefficient (Wildman–Crippen LogP) is 2.06. The van der Waals surface area contributed by atoms with Crippen molar-refractivity contribution >= 4 is 24.7 Å². The van der Waals surface area contributed by atoms with Gasteiger partial charge in [0, 0.05) is 11.6 Å². The third kappa shape index (κ3) is 2.93. The standard InChI is InChI=1S/C11H12O4S/c1-14-8-4-3-7(9(6-8)15-2)5-10(16)11(12)13/h3-6,16H,1-2H3,(H,12,13)/b10-5-. The van der Waals surface area contributed by atoms with Crippen molar-refractivity contribution in [2.75, 3.05) is 14.2 Å². The fourth-order valence-corrected chi connectivity index (χ4v) is 1.29. The van der Waals surface area contributed by atoms with E-state index >= 15 is 0 Å². The molecule has 86 valence electrons. The second-order valence-corrected chi connectivity index (χ2v) is 3.42. The number of carboxylic acids is 1. The number of carbonyl (C=O) groups is 1. The molecule has 1 N–H and O–H groups in total. The lowest BCUT2D eigenvalue weighted by atomic mass is 10.1. The Morgan fingerprint density at radius 1 is 1.38 bits per heavy atom. The van der Waals surface area contributed by atoms with E-state index in [1.54, 1.807) is 25.3 Å². The molecule has 0 saturated carbocycles. The van der Waals surface area contributed by atoms with Crippen molar-refractivity contribution in [3.05, 3.63) is 28.7 Å². The van der Waals surface area contributed by atoms with E-state index in [1.807, 2.05) is 0 Å². The molecule has 0 radical (unpaired) electrons. The van der Waals surface area contributed by atoms with E-state index in [-0.39, 0.29) is 4.91 Å². The topological polar surface area (TPSA) is 55.8 Å². The highest BCUT2D eigenvalue weighted by Crippen LogP contribution is 2.26. The van der Waals surface area contributed by atoms with Crippen LogP contribution in [0.5, 0.6) is 11.5 Å². The van der Waals surface area contributed by atoms with Gasteiger partial charge in [-0.2, -0.15) is 0 Å². The molecule has 4 nitrogen and oxygen atoms in total. The minimum atomic E-state index is -1.08. The van der Waals surface area contributed by atoms with Crippen molar-refractivity contribution in [1.29, 1.82) is 0 Å². The maximum Gasteiger partial charge on any atom is 0.341 e. The summed E-state index contributed by atoms with van der Waals surface area (Å²) in [5.41, 5.74) is 0.635. The summed E-state index contributed by atoms with van der Waals surface area (Å²) in [6, 6.07) is 5.10. The van der Waals surface area contributed by atoms with Crippen molar-refractivity contribution in [2.24, 2.45) is 0 Å². The number of methoxy groups -OCH3 is 2. The molecule has 0 unspecified atom stereocenters. The Morgan fingerprint density at radius 3 is 2.56 bits per heavy atom. The van der Waals surface area contributed by atoms with E-state index in [9.17, 15) is 4.79 Å². The van der Waals surface area contributed by atoms with Crippen molar-refractivity contribution < 1.29 is 19.4 Å². The summed E-state index contributed by atoms with van der Waals surface area (Å²) in [6.07, 6.45) is 1.42. The summed E-state index contributed by atoms with van der Waals surface area (Å²) in [5.74, 6) is 0.0957. The van der Waals surface area contributed by atoms with Crippen LogP contribution in [0.15, 0.2) is 23.1 Å². The van der Waals surface area contributed by atoms with Gasteiger partial charge in [0.15, 0.2) is 0 Å². The fourth-order valence-electron chi connectivity index (χ4n) is 1.15. The largest absolute Gasteiger partial charge is 0.497 e. The van der Waals surface area contributed by atoms with Crippen LogP contribution in [0.2, 0.25) is 0 Å². The van der Waals surface area contributed by atoms with Gasteiger partial charge in [-0.15, -0.1) is 12.6 Å². The molecule has 1 aromatic carbocycles. The molecule has 0 aliphatic rings. The van der Waals surface area contributed by atoms with E-state index < -0.39 is 5.97 Å². The highest BCUT2D eigenvalue weighted by atomic mass is 32.1. The van der Waals surface area contributed by atoms with Gasteiger partial charge in [-0.25, -0.2) is 4.79 Å². The third-order valence-corrected chi connectivity index (χ3v) is 2.27. The van der Waals surface area contributed by atoms with Gasteiger partial charge < -0.3 is 14.6 Å². The van der Waals surface area contributed by atoms with Gasteiger partial charge >= 0.3 is 5.97 Å². The summed E-state index contributed by atoms with van der Waals surface area (Å²) in [5, 5.41) is 8.70. The van der Waals surface area contributed by atoms with Crippen molar-refractivity contribution in [3.63, 3.8) is 0 Å². The number of thiol groups is 1. The quantitative estimate of drug-likeness (QED) is 0.625. The van der Waals surface area contributed by atoms with Gasteiger partial charge in [0.25, 0.3) is 0 Å². The summed E-state index contributed by atoms with van der Waals surface area (Å²) in [6.45, 7) is 0. The van der Waals surface area contributed by atoms with Crippen molar-refractivity contribution in [1.82, 2.24) is 0 Å². The Bertz CT molecular complexity index is 426. The molecule has 0 saturated heterocycles. The lowest BCUT2D eigenvalue weighted by Gasteiger charge is -2.07. The smallest absolute Gasteiger partial charge is 0.341 e. The Hall–Kier alpha value is -1.62. The van der Waals surface area contributed by atoms with Crippen LogP contribution in [0, 0.1) is 0 Å². The first-order valence-corrected chi connectivity index (χ1v) is 4.89. The second kappa shape index (κ2) is 5.46. The monoisotopic (exact) mass is 240 g/mol. The molecule has 0 amide bonds. The average Bonchev–Trinajstić information content (AvgIpc) is 2.29. The van der Waals surface area contributed by atoms with Crippen LogP contribution in [0.25, 0.3) is 6.08 Å². The maximum absolute atomic E-state index is 10.6. The molecule has 0 aromatic heterocycles. The van der Waals surface area contributed by atoms with Gasteiger partial charge in [0.1, 0.15) is 11.5 Å². The maximum atomic E-state index is 10.6. The number of carboxylic acid groups (broad SMARTS) is 1. The first-order chi connectivity index (χ1) is 7.58. The molecular weight excluding hydrogens is 228 g/mol. The summed E-state index contributed by atoms with van der Waals surface area (Å²) >= 11 is 3.85. The van der Waals surface area contributed by atoms with Gasteiger partial charge in [0.2, 0.25) is 0 Å². The number of hydrogen-bond acceptors (Lipinski definition) is 4. The normalized spacial score (nSPS) is 11.1. The average molecular weight is 240 g/mol. The Kier molecular flexibility index (Phi) is 4.25. The highest BCUT2D eigenvalue weighted by Gasteiger charge is 2.06. The molecule has 16 heavy (non-hydrogen) atoms. The Morgan fingerprint density at radius 2 is 2.06 bits per heavy atom. The second-order valence-electron chi connectivity index (χ2n) is 2.94. The SMILES string of the molecule is COc1ccc(/C=C(\S)C(=O)O)c(OC)c1. The highest BCUT2D eigenvalue weighted by molar-refractivity contribution is 7.85. The van der Waals surface area contributed by atoms with E-state index in [2.05, 4.69) is 12.6 Å². The Labute approximate surface area is 98.9 Å². The van der Waals surface area contributed by atoms with Crippen molar-refractivity contribution in [2.45, 2.75) is 0 Å². The number of rotatable bonds is 4. The number of hydrogen-bond donors (Lipinski definition) is 2. The van der Waals surface area contributed by atoms with Crippen molar-refractivity contribution in [3.8, 4) is 11.5 Å². The molecule has 1 rings (SSSR count). The van der Waals surface area contributed by atoms with E-state index in [4.69, 9.17) is 14.6 Å². The molecule has 0 aliphatic carbocycles. The molecule has 5 heteroatoms. The van der Waals surface area contributed by atoms with Crippen LogP contribution in [-0.2, 0) is 4.79 Å². The Balaban J connectivity index is 3.14. The van der Waals surface area contributed by atoms with E-state index in [0.717, 1.165) is 0 Å². The van der Waals surface area contributed by atoms with Gasteiger partial charge in [-0.05, 0) is 18.2 Å². The lowest BCUT2D eigenvalue weighted by molar-refractivity contribution is -0.131. The molecule has 0 spiro atoms. The minimum Gasteiger partial charge on any atom is -0.497 e. The molecule has 0 atom stereocenters. The zero-order valence-corrected chi connectivity index (χ0v) is 9.82. The number of benzene rings is 1. The molecular formula is C11H12O4S.